The highest BCUT2D eigenvalue weighted by atomic mass is 32.2. The number of aliphatic hydroxyl groups is 2. The summed E-state index contributed by atoms with van der Waals surface area (Å²) in [4.78, 5) is 12.7. The van der Waals surface area contributed by atoms with E-state index in [9.17, 15) is 15.0 Å². The van der Waals surface area contributed by atoms with E-state index in [1.54, 1.807) is 5.01 Å². The van der Waals surface area contributed by atoms with Crippen molar-refractivity contribution in [2.45, 2.75) is 61.6 Å². The predicted octanol–water partition coefficient (Wildman–Crippen LogP) is -0.316. The fraction of sp³-hybridized carbons (Fsp3) is 0.933. The predicted molar refractivity (Wildman–Crippen MR) is 99.5 cm³/mol. The van der Waals surface area contributed by atoms with Crippen LogP contribution in [0.4, 0.5) is 0 Å². The number of rotatable bonds is 8. The highest BCUT2D eigenvalue weighted by Crippen LogP contribution is 2.50. The molecule has 0 radical (unpaired) electrons. The van der Waals surface area contributed by atoms with Crippen LogP contribution < -0.4 is 16.5 Å². The van der Waals surface area contributed by atoms with Gasteiger partial charge >= 0.3 is 0 Å². The third-order valence-corrected chi connectivity index (χ3v) is 7.95. The minimum atomic E-state index is -1.06. The number of nitrogens with zero attached hydrogens (tertiary/aromatic N) is 1. The zero-order valence-corrected chi connectivity index (χ0v) is 16.0. The van der Waals surface area contributed by atoms with Gasteiger partial charge in [-0.2, -0.15) is 0 Å². The summed E-state index contributed by atoms with van der Waals surface area (Å²) >= 11 is 3.77. The number of thioether (sulfide) groups is 2. The molecule has 0 aliphatic carbocycles. The van der Waals surface area contributed by atoms with Crippen molar-refractivity contribution in [3.8, 4) is 0 Å². The number of amides is 1. The van der Waals surface area contributed by atoms with Crippen LogP contribution in [0.2, 0.25) is 0 Å². The molecule has 0 bridgehead atoms. The van der Waals surface area contributed by atoms with Gasteiger partial charge in [0.15, 0.2) is 0 Å². The Labute approximate surface area is 152 Å². The first kappa shape index (κ1) is 20.3. The summed E-state index contributed by atoms with van der Waals surface area (Å²) in [5.74, 6) is 8.12. The van der Waals surface area contributed by atoms with E-state index in [0.29, 0.717) is 19.5 Å². The van der Waals surface area contributed by atoms with Gasteiger partial charge in [0.2, 0.25) is 5.91 Å². The molecule has 24 heavy (non-hydrogen) atoms. The van der Waals surface area contributed by atoms with E-state index in [4.69, 9.17) is 5.84 Å². The number of nitrogens with one attached hydrogen (secondary N) is 2. The summed E-state index contributed by atoms with van der Waals surface area (Å²) in [6.07, 6.45) is 0.00632. The standard InChI is InChI=1S/C15H30N4O3S2/c1-3-5-10(12(20)14(22)17-4-2)18-13(21)11-8-15(9-19(11)16)23-6-7-24-15/h10-12,14,17,20,22H,3-9,16H2,1-2H3,(H,18,21)/t10?,11-,12?,14-/m0/s1. The van der Waals surface area contributed by atoms with Gasteiger partial charge in [0, 0.05) is 18.1 Å². The van der Waals surface area contributed by atoms with Gasteiger partial charge in [-0.15, -0.1) is 23.5 Å². The number of nitrogens with two attached hydrogens (primary N) is 1. The summed E-state index contributed by atoms with van der Waals surface area (Å²) < 4.78 is 0.0267. The molecule has 9 heteroatoms. The first-order chi connectivity index (χ1) is 11.4. The molecular weight excluding hydrogens is 348 g/mol. The lowest BCUT2D eigenvalue weighted by Crippen LogP contribution is -2.56. The number of aliphatic hydroxyl groups excluding tert-OH is 2. The van der Waals surface area contributed by atoms with E-state index in [0.717, 1.165) is 24.3 Å². The highest BCUT2D eigenvalue weighted by molar-refractivity contribution is 8.21. The molecule has 140 valence electrons. The second-order valence-electron chi connectivity index (χ2n) is 6.40. The lowest BCUT2D eigenvalue weighted by molar-refractivity contribution is -0.128. The van der Waals surface area contributed by atoms with Crippen molar-refractivity contribution in [3.05, 3.63) is 0 Å². The SMILES string of the molecule is CCCC(NC(=O)[C@@H]1CC2(CN1N)SCCS2)C(O)[C@H](O)NCC. The first-order valence-electron chi connectivity index (χ1n) is 8.61. The Bertz CT molecular complexity index is 424. The van der Waals surface area contributed by atoms with E-state index >= 15 is 0 Å². The van der Waals surface area contributed by atoms with Gasteiger partial charge in [-0.05, 0) is 19.4 Å². The Morgan fingerprint density at radius 2 is 2.04 bits per heavy atom. The Morgan fingerprint density at radius 3 is 2.62 bits per heavy atom. The van der Waals surface area contributed by atoms with Gasteiger partial charge in [0.05, 0.1) is 10.1 Å². The number of carbonyl (C=O) groups excluding carboxylic acids is 1. The Hall–Kier alpha value is -0.0300. The molecular formula is C15H30N4O3S2. The molecule has 0 aromatic heterocycles. The van der Waals surface area contributed by atoms with E-state index in [1.165, 1.54) is 0 Å². The minimum absolute atomic E-state index is 0.0267. The maximum atomic E-state index is 12.7. The molecule has 7 nitrogen and oxygen atoms in total. The van der Waals surface area contributed by atoms with Crippen LogP contribution >= 0.6 is 23.5 Å². The number of hydrazine groups is 1. The smallest absolute Gasteiger partial charge is 0.239 e. The maximum absolute atomic E-state index is 12.7. The number of carbonyl (C=O) groups is 1. The van der Waals surface area contributed by atoms with Crippen molar-refractivity contribution in [1.29, 1.82) is 0 Å². The topological polar surface area (TPSA) is 111 Å². The molecule has 2 aliphatic rings. The number of hydrogen-bond acceptors (Lipinski definition) is 8. The molecule has 0 saturated carbocycles. The van der Waals surface area contributed by atoms with Crippen LogP contribution in [0.3, 0.4) is 0 Å². The van der Waals surface area contributed by atoms with Crippen molar-refractivity contribution in [1.82, 2.24) is 15.6 Å². The average Bonchev–Trinajstić information content (AvgIpc) is 3.13. The Balaban J connectivity index is 1.97. The lowest BCUT2D eigenvalue weighted by Gasteiger charge is -2.29. The molecule has 0 aromatic carbocycles. The van der Waals surface area contributed by atoms with E-state index < -0.39 is 18.4 Å². The highest BCUT2D eigenvalue weighted by Gasteiger charge is 2.49. The number of likely N-dealkylation sites (N-methyl/N-ethyl adjacent to an activating group) is 1. The molecule has 1 amide bonds. The van der Waals surface area contributed by atoms with Gasteiger partial charge in [-0.1, -0.05) is 20.3 Å². The zero-order valence-electron chi connectivity index (χ0n) is 14.4. The molecule has 1 spiro atoms. The van der Waals surface area contributed by atoms with Gasteiger partial charge in [0.25, 0.3) is 0 Å². The van der Waals surface area contributed by atoms with Crippen molar-refractivity contribution >= 4 is 29.4 Å². The van der Waals surface area contributed by atoms with E-state index in [-0.39, 0.29) is 16.0 Å². The zero-order chi connectivity index (χ0) is 17.7. The molecule has 2 unspecified atom stereocenters. The Kier molecular flexibility index (Phi) is 7.66. The molecule has 6 N–H and O–H groups in total. The van der Waals surface area contributed by atoms with Crippen molar-refractivity contribution < 1.29 is 15.0 Å². The van der Waals surface area contributed by atoms with Gasteiger partial charge in [-0.3, -0.25) is 16.0 Å². The summed E-state index contributed by atoms with van der Waals surface area (Å²) in [5, 5.41) is 27.6. The molecule has 0 aromatic rings. The summed E-state index contributed by atoms with van der Waals surface area (Å²) in [7, 11) is 0. The van der Waals surface area contributed by atoms with Crippen LogP contribution in [-0.2, 0) is 4.79 Å². The fourth-order valence-electron chi connectivity index (χ4n) is 3.28. The molecule has 4 atom stereocenters. The van der Waals surface area contributed by atoms with Crippen LogP contribution in [0.5, 0.6) is 0 Å². The van der Waals surface area contributed by atoms with Gasteiger partial charge in [-0.25, -0.2) is 5.01 Å². The second-order valence-corrected chi connectivity index (χ2v) is 9.61. The Morgan fingerprint density at radius 1 is 1.38 bits per heavy atom. The first-order valence-corrected chi connectivity index (χ1v) is 10.6. The van der Waals surface area contributed by atoms with Crippen molar-refractivity contribution in [2.75, 3.05) is 24.6 Å². The monoisotopic (exact) mass is 378 g/mol. The normalized spacial score (nSPS) is 27.3. The van der Waals surface area contributed by atoms with Crippen LogP contribution in [0.1, 0.15) is 33.1 Å². The molecule has 2 fully saturated rings. The van der Waals surface area contributed by atoms with E-state index in [1.807, 2.05) is 37.4 Å². The van der Waals surface area contributed by atoms with Crippen LogP contribution in [0.15, 0.2) is 0 Å². The van der Waals surface area contributed by atoms with Crippen LogP contribution in [0, 0.1) is 0 Å². The number of hydrogen-bond donors (Lipinski definition) is 5. The summed E-state index contributed by atoms with van der Waals surface area (Å²) in [6, 6.07) is -0.878. The molecule has 2 heterocycles. The van der Waals surface area contributed by atoms with Crippen LogP contribution in [0.25, 0.3) is 0 Å². The molecule has 2 rings (SSSR count). The summed E-state index contributed by atoms with van der Waals surface area (Å²) in [6.45, 7) is 5.07. The van der Waals surface area contributed by atoms with E-state index in [2.05, 4.69) is 10.6 Å². The average molecular weight is 379 g/mol. The quantitative estimate of drug-likeness (QED) is 0.289. The second kappa shape index (κ2) is 9.07. The van der Waals surface area contributed by atoms with Crippen molar-refractivity contribution in [3.63, 3.8) is 0 Å². The van der Waals surface area contributed by atoms with Crippen LogP contribution in [-0.4, -0.2) is 74.2 Å². The maximum Gasteiger partial charge on any atom is 0.239 e. The lowest BCUT2D eigenvalue weighted by atomic mass is 10.0. The molecule has 2 aliphatic heterocycles. The third-order valence-electron chi connectivity index (χ3n) is 4.52. The summed E-state index contributed by atoms with van der Waals surface area (Å²) in [5.41, 5.74) is 0. The fourth-order valence-corrected chi connectivity index (χ4v) is 6.56. The molecule has 2 saturated heterocycles. The van der Waals surface area contributed by atoms with Crippen molar-refractivity contribution in [2.24, 2.45) is 5.84 Å². The largest absolute Gasteiger partial charge is 0.387 e. The minimum Gasteiger partial charge on any atom is -0.387 e. The van der Waals surface area contributed by atoms with Gasteiger partial charge in [0.1, 0.15) is 18.4 Å². The third kappa shape index (κ3) is 4.78. The van der Waals surface area contributed by atoms with Gasteiger partial charge < -0.3 is 15.5 Å².